The van der Waals surface area contributed by atoms with Gasteiger partial charge >= 0.3 is 7.82 Å². The maximum absolute atomic E-state index is 12.6. The summed E-state index contributed by atoms with van der Waals surface area (Å²) in [6.07, 6.45) is -4.12. The zero-order valence-electron chi connectivity index (χ0n) is 19.8. The smallest absolute Gasteiger partial charge is 0.391 e. The van der Waals surface area contributed by atoms with Gasteiger partial charge in [-0.3, -0.25) is 23.4 Å². The Morgan fingerprint density at radius 2 is 2.06 bits per heavy atom. The van der Waals surface area contributed by atoms with Gasteiger partial charge in [0.1, 0.15) is 18.3 Å². The van der Waals surface area contributed by atoms with Crippen LogP contribution in [-0.2, 0) is 23.1 Å². The first-order chi connectivity index (χ1) is 16.5. The Morgan fingerprint density at radius 1 is 1.34 bits per heavy atom. The number of hydrogen-bond acceptors (Lipinski definition) is 12. The lowest BCUT2D eigenvalue weighted by atomic mass is 10.0. The topological polar surface area (TPSA) is 211 Å². The number of nitrogens with zero attached hydrogens (tertiary/aromatic N) is 3. The average Bonchev–Trinajstić information content (AvgIpc) is 3.36. The highest BCUT2D eigenvalue weighted by molar-refractivity contribution is 7.47. The Bertz CT molecular complexity index is 1090. The summed E-state index contributed by atoms with van der Waals surface area (Å²) in [5, 5.41) is 33.9. The molecular weight excluding hydrogens is 489 g/mol. The van der Waals surface area contributed by atoms with Crippen LogP contribution in [0.4, 0.5) is 5.95 Å². The minimum absolute atomic E-state index is 0.0217. The molecule has 2 aromatic heterocycles. The molecule has 2 aromatic rings. The number of H-pyrrole nitrogens is 1. The molecule has 1 saturated heterocycles. The normalized spacial score (nSPS) is 27.0. The van der Waals surface area contributed by atoms with Gasteiger partial charge in [-0.15, -0.1) is 0 Å². The first-order valence-corrected chi connectivity index (χ1v) is 12.5. The average molecular weight is 521 g/mol. The first-order valence-electron chi connectivity index (χ1n) is 11.0. The van der Waals surface area contributed by atoms with Gasteiger partial charge in [-0.2, -0.15) is 4.98 Å². The van der Waals surface area contributed by atoms with Gasteiger partial charge in [0.15, 0.2) is 17.4 Å². The van der Waals surface area contributed by atoms with Crippen LogP contribution in [0.25, 0.3) is 11.2 Å². The zero-order chi connectivity index (χ0) is 25.9. The van der Waals surface area contributed by atoms with Crippen molar-refractivity contribution in [2.75, 3.05) is 26.1 Å². The summed E-state index contributed by atoms with van der Waals surface area (Å²) in [5.41, 5.74) is -0.488. The maximum atomic E-state index is 12.6. The molecule has 0 aromatic carbocycles. The summed E-state index contributed by atoms with van der Waals surface area (Å²) < 4.78 is 32.9. The van der Waals surface area contributed by atoms with E-state index in [4.69, 9.17) is 14.0 Å². The highest BCUT2D eigenvalue weighted by atomic mass is 31.2. The largest absolute Gasteiger partial charge is 0.472 e. The van der Waals surface area contributed by atoms with Crippen LogP contribution in [0.5, 0.6) is 0 Å². The van der Waals surface area contributed by atoms with Gasteiger partial charge < -0.3 is 35.0 Å². The van der Waals surface area contributed by atoms with Gasteiger partial charge in [0.25, 0.3) is 5.56 Å². The van der Waals surface area contributed by atoms with E-state index < -0.39 is 56.7 Å². The molecule has 6 N–H and O–H groups in total. The highest BCUT2D eigenvalue weighted by Gasteiger charge is 2.45. The molecule has 0 bridgehead atoms. The molecular formula is C19H32N5O10P. The van der Waals surface area contributed by atoms with Crippen molar-refractivity contribution in [3.05, 3.63) is 16.7 Å². The number of phosphoric acid groups is 1. The molecule has 15 nitrogen and oxygen atoms in total. The number of nitrogens with one attached hydrogen (secondary N) is 2. The molecule has 0 amide bonds. The van der Waals surface area contributed by atoms with E-state index in [1.165, 1.54) is 18.0 Å². The number of phosphoric ester groups is 1. The molecule has 198 valence electrons. The third-order valence-electron chi connectivity index (χ3n) is 5.87. The highest BCUT2D eigenvalue weighted by Crippen LogP contribution is 2.43. The van der Waals surface area contributed by atoms with Crippen molar-refractivity contribution in [1.82, 2.24) is 19.5 Å². The van der Waals surface area contributed by atoms with E-state index >= 15 is 0 Å². The number of aromatic amines is 1. The summed E-state index contributed by atoms with van der Waals surface area (Å²) in [7, 11) is -1.83. The van der Waals surface area contributed by atoms with Crippen LogP contribution in [0.15, 0.2) is 11.1 Å². The van der Waals surface area contributed by atoms with Crippen LogP contribution in [0.2, 0.25) is 0 Å². The van der Waals surface area contributed by atoms with Crippen molar-refractivity contribution in [2.45, 2.75) is 69.5 Å². The third-order valence-corrected chi connectivity index (χ3v) is 6.80. The molecule has 0 spiro atoms. The van der Waals surface area contributed by atoms with Crippen LogP contribution in [-0.4, -0.2) is 97.1 Å². The van der Waals surface area contributed by atoms with Crippen LogP contribution in [0, 0.1) is 0 Å². The van der Waals surface area contributed by atoms with Gasteiger partial charge in [0.2, 0.25) is 5.95 Å². The van der Waals surface area contributed by atoms with Crippen LogP contribution in [0.1, 0.15) is 32.9 Å². The molecule has 35 heavy (non-hydrogen) atoms. The Hall–Kier alpha value is -1.94. The maximum Gasteiger partial charge on any atom is 0.472 e. The fraction of sp³-hybridized carbons (Fsp3) is 0.737. The second-order valence-electron chi connectivity index (χ2n) is 8.23. The van der Waals surface area contributed by atoms with E-state index in [9.17, 15) is 29.6 Å². The van der Waals surface area contributed by atoms with Crippen molar-refractivity contribution in [3.63, 3.8) is 0 Å². The number of rotatable bonds is 12. The van der Waals surface area contributed by atoms with Gasteiger partial charge in [-0.25, -0.2) is 9.55 Å². The quantitative estimate of drug-likeness (QED) is 0.194. The SMILES string of the molecule is CCC(CC(OC)C(C)O)Nc1nc2c(ncn2C2OC(COP(=O)(O)OC)C(O)C2O)c(=O)[nH]1. The van der Waals surface area contributed by atoms with E-state index in [1.54, 1.807) is 6.92 Å². The van der Waals surface area contributed by atoms with Crippen LogP contribution < -0.4 is 10.9 Å². The number of hydrogen-bond donors (Lipinski definition) is 6. The summed E-state index contributed by atoms with van der Waals surface area (Å²) >= 11 is 0. The molecule has 8 unspecified atom stereocenters. The third kappa shape index (κ3) is 6.25. The van der Waals surface area contributed by atoms with Gasteiger partial charge in [0.05, 0.1) is 25.1 Å². The second-order valence-corrected chi connectivity index (χ2v) is 9.79. The lowest BCUT2D eigenvalue weighted by molar-refractivity contribution is -0.0509. The summed E-state index contributed by atoms with van der Waals surface area (Å²) in [4.78, 5) is 33.1. The minimum Gasteiger partial charge on any atom is -0.391 e. The molecule has 1 aliphatic rings. The number of anilines is 1. The molecule has 0 radical (unpaired) electrons. The predicted molar refractivity (Wildman–Crippen MR) is 122 cm³/mol. The zero-order valence-corrected chi connectivity index (χ0v) is 20.7. The van der Waals surface area contributed by atoms with E-state index in [2.05, 4.69) is 24.8 Å². The summed E-state index contributed by atoms with van der Waals surface area (Å²) in [6.45, 7) is 3.01. The fourth-order valence-electron chi connectivity index (χ4n) is 3.79. The Morgan fingerprint density at radius 3 is 2.66 bits per heavy atom. The molecule has 3 heterocycles. The molecule has 16 heteroatoms. The van der Waals surface area contributed by atoms with Crippen molar-refractivity contribution >= 4 is 24.9 Å². The van der Waals surface area contributed by atoms with Gasteiger partial charge in [-0.1, -0.05) is 6.92 Å². The number of imidazole rings is 1. The van der Waals surface area contributed by atoms with E-state index in [0.717, 1.165) is 7.11 Å². The van der Waals surface area contributed by atoms with Crippen LogP contribution in [0.3, 0.4) is 0 Å². The molecule has 0 aliphatic carbocycles. The molecule has 3 rings (SSSR count). The number of ether oxygens (including phenoxy) is 2. The number of methoxy groups -OCH3 is 1. The molecule has 8 atom stereocenters. The number of aliphatic hydroxyl groups excluding tert-OH is 3. The molecule has 1 fully saturated rings. The van der Waals surface area contributed by atoms with Crippen molar-refractivity contribution in [3.8, 4) is 0 Å². The first kappa shape index (κ1) is 27.6. The predicted octanol–water partition coefficient (Wildman–Crippen LogP) is -0.521. The second kappa shape index (κ2) is 11.4. The van der Waals surface area contributed by atoms with Crippen molar-refractivity contribution in [1.29, 1.82) is 0 Å². The molecule has 0 saturated carbocycles. The number of aromatic nitrogens is 4. The Labute approximate surface area is 200 Å². The Kier molecular flexibility index (Phi) is 9.01. The van der Waals surface area contributed by atoms with Gasteiger partial charge in [0, 0.05) is 20.3 Å². The Balaban J connectivity index is 1.84. The summed E-state index contributed by atoms with van der Waals surface area (Å²) in [6, 6.07) is -0.196. The van der Waals surface area contributed by atoms with Gasteiger partial charge in [-0.05, 0) is 19.8 Å². The lowest BCUT2D eigenvalue weighted by Crippen LogP contribution is -2.34. The van der Waals surface area contributed by atoms with Crippen molar-refractivity contribution < 1.29 is 43.3 Å². The lowest BCUT2D eigenvalue weighted by Gasteiger charge is -2.24. The van der Waals surface area contributed by atoms with E-state index in [0.29, 0.717) is 12.8 Å². The summed E-state index contributed by atoms with van der Waals surface area (Å²) in [5.74, 6) is 0.130. The van der Waals surface area contributed by atoms with Crippen LogP contribution >= 0.6 is 7.82 Å². The molecule has 1 aliphatic heterocycles. The van der Waals surface area contributed by atoms with Crippen molar-refractivity contribution in [2.24, 2.45) is 0 Å². The fourth-order valence-corrected chi connectivity index (χ4v) is 4.23. The number of fused-ring (bicyclic) bond motifs is 1. The monoisotopic (exact) mass is 521 g/mol. The number of aliphatic hydroxyl groups is 3. The van der Waals surface area contributed by atoms with E-state index in [-0.39, 0.29) is 23.2 Å². The minimum atomic E-state index is -4.32. The standard InChI is InChI=1S/C19H32N5O10P/c1-5-10(6-11(31-3)9(2)25)21-19-22-16-13(17(28)23-19)20-8-24(16)18-15(27)14(26)12(34-18)7-33-35(29,30)32-4/h8-12,14-15,18,25-27H,5-7H2,1-4H3,(H,29,30)(H2,21,22,23,28). The van der Waals surface area contributed by atoms with E-state index in [1.807, 2.05) is 6.92 Å².